The smallest absolute Gasteiger partial charge is 0.439 e. The summed E-state index contributed by atoms with van der Waals surface area (Å²) >= 11 is 0. The van der Waals surface area contributed by atoms with E-state index in [9.17, 15) is 19.2 Å². The molecule has 0 spiro atoms. The van der Waals surface area contributed by atoms with Crippen molar-refractivity contribution in [3.63, 3.8) is 0 Å². The second kappa shape index (κ2) is 11.9. The van der Waals surface area contributed by atoms with Crippen molar-refractivity contribution in [1.29, 1.82) is 0 Å². The van der Waals surface area contributed by atoms with Crippen molar-refractivity contribution >= 4 is 23.9 Å². The molecule has 29 heavy (non-hydrogen) atoms. The van der Waals surface area contributed by atoms with Gasteiger partial charge < -0.3 is 28.4 Å². The summed E-state index contributed by atoms with van der Waals surface area (Å²) in [5, 5.41) is 0. The minimum Gasteiger partial charge on any atom is -0.439 e. The van der Waals surface area contributed by atoms with Crippen LogP contribution in [0.5, 0.6) is 0 Å². The lowest BCUT2D eigenvalue weighted by Crippen LogP contribution is -2.50. The van der Waals surface area contributed by atoms with Crippen LogP contribution in [0, 0.1) is 11.8 Å². The Morgan fingerprint density at radius 1 is 0.724 bits per heavy atom. The van der Waals surface area contributed by atoms with Gasteiger partial charge in [0.2, 0.25) is 13.6 Å². The average molecular weight is 416 g/mol. The summed E-state index contributed by atoms with van der Waals surface area (Å²) in [6.07, 6.45) is 3.47. The largest absolute Gasteiger partial charge is 0.452 e. The van der Waals surface area contributed by atoms with E-state index in [4.69, 9.17) is 28.4 Å². The quantitative estimate of drug-likeness (QED) is 0.265. The van der Waals surface area contributed by atoms with Crippen molar-refractivity contribution in [2.45, 2.75) is 59.2 Å². The zero-order valence-electron chi connectivity index (χ0n) is 17.1. The van der Waals surface area contributed by atoms with E-state index < -0.39 is 43.3 Å². The maximum atomic E-state index is 12.2. The van der Waals surface area contributed by atoms with Crippen LogP contribution in [0.25, 0.3) is 0 Å². The van der Waals surface area contributed by atoms with Crippen LogP contribution in [0.1, 0.15) is 53.4 Å². The molecule has 0 atom stereocenters. The second-order valence-corrected chi connectivity index (χ2v) is 7.12. The highest BCUT2D eigenvalue weighted by molar-refractivity contribution is 6.02. The minimum atomic E-state index is -2.55. The van der Waals surface area contributed by atoms with E-state index >= 15 is 0 Å². The first-order chi connectivity index (χ1) is 13.7. The molecule has 0 radical (unpaired) electrons. The van der Waals surface area contributed by atoms with Gasteiger partial charge in [-0.2, -0.15) is 0 Å². The average Bonchev–Trinajstić information content (AvgIpc) is 3.15. The maximum Gasteiger partial charge on any atom is 0.452 e. The Morgan fingerprint density at radius 2 is 1.10 bits per heavy atom. The van der Waals surface area contributed by atoms with Crippen LogP contribution >= 0.6 is 0 Å². The molecule has 0 N–H and O–H groups in total. The van der Waals surface area contributed by atoms with Crippen LogP contribution in [0.2, 0.25) is 0 Å². The third kappa shape index (κ3) is 8.41. The predicted molar refractivity (Wildman–Crippen MR) is 96.3 cm³/mol. The molecule has 10 nitrogen and oxygen atoms in total. The summed E-state index contributed by atoms with van der Waals surface area (Å²) in [4.78, 5) is 47.5. The first kappa shape index (κ1) is 24.3. The molecule has 0 aromatic heterocycles. The minimum absolute atomic E-state index is 0.166. The number of rotatable bonds is 12. The molecule has 0 aromatic carbocycles. The van der Waals surface area contributed by atoms with E-state index in [-0.39, 0.29) is 12.8 Å². The van der Waals surface area contributed by atoms with Gasteiger partial charge in [-0.3, -0.25) is 9.59 Å². The summed E-state index contributed by atoms with van der Waals surface area (Å²) in [5.41, 5.74) is 0. The number of hydrogen-bond donors (Lipinski definition) is 0. The van der Waals surface area contributed by atoms with Crippen molar-refractivity contribution in [2.75, 3.05) is 13.6 Å². The van der Waals surface area contributed by atoms with Crippen molar-refractivity contribution < 1.29 is 47.6 Å². The lowest BCUT2D eigenvalue weighted by molar-refractivity contribution is -0.227. The molecule has 0 amide bonds. The van der Waals surface area contributed by atoms with Gasteiger partial charge in [0.1, 0.15) is 12.5 Å². The molecular formula is C19H28O10. The van der Waals surface area contributed by atoms with Gasteiger partial charge in [-0.1, -0.05) is 27.7 Å². The summed E-state index contributed by atoms with van der Waals surface area (Å²) in [7, 11) is 0. The molecule has 0 fully saturated rings. The van der Waals surface area contributed by atoms with Crippen molar-refractivity contribution in [2.24, 2.45) is 11.8 Å². The number of ether oxygens (including phenoxy) is 6. The molecular weight excluding hydrogens is 388 g/mol. The number of esters is 4. The third-order valence-corrected chi connectivity index (χ3v) is 3.73. The molecule has 10 heteroatoms. The van der Waals surface area contributed by atoms with E-state index in [0.29, 0.717) is 24.7 Å². The molecule has 0 aromatic rings. The summed E-state index contributed by atoms with van der Waals surface area (Å²) < 4.78 is 28.8. The molecule has 1 aliphatic heterocycles. The van der Waals surface area contributed by atoms with Gasteiger partial charge >= 0.3 is 29.7 Å². The lowest BCUT2D eigenvalue weighted by atomic mass is 10.1. The van der Waals surface area contributed by atoms with E-state index in [1.165, 1.54) is 0 Å². The maximum absolute atomic E-state index is 12.2. The highest BCUT2D eigenvalue weighted by Crippen LogP contribution is 2.24. The molecule has 1 rings (SSSR count). The van der Waals surface area contributed by atoms with Gasteiger partial charge in [-0.25, -0.2) is 9.59 Å². The van der Waals surface area contributed by atoms with Gasteiger partial charge in [0.05, 0.1) is 0 Å². The molecule has 0 bridgehead atoms. The fraction of sp³-hybridized carbons (Fsp3) is 0.684. The molecule has 0 aliphatic carbocycles. The van der Waals surface area contributed by atoms with Gasteiger partial charge in [0.25, 0.3) is 0 Å². The molecule has 1 heterocycles. The Labute approximate surface area is 169 Å². The number of carbonyl (C=O) groups is 4. The summed E-state index contributed by atoms with van der Waals surface area (Å²) in [6, 6.07) is 0. The monoisotopic (exact) mass is 416 g/mol. The Balaban J connectivity index is 2.45. The van der Waals surface area contributed by atoms with Crippen molar-refractivity contribution in [1.82, 2.24) is 0 Å². The highest BCUT2D eigenvalue weighted by Gasteiger charge is 2.56. The normalized spacial score (nSPS) is 14.1. The zero-order valence-corrected chi connectivity index (χ0v) is 17.1. The molecule has 0 unspecified atom stereocenters. The second-order valence-electron chi connectivity index (χ2n) is 7.12. The van der Waals surface area contributed by atoms with Gasteiger partial charge in [0, 0.05) is 12.8 Å². The van der Waals surface area contributed by atoms with Crippen LogP contribution in [0.3, 0.4) is 0 Å². The zero-order chi connectivity index (χ0) is 21.9. The highest BCUT2D eigenvalue weighted by atomic mass is 16.8. The van der Waals surface area contributed by atoms with Crippen LogP contribution < -0.4 is 0 Å². The van der Waals surface area contributed by atoms with Crippen molar-refractivity contribution in [3.05, 3.63) is 12.5 Å². The van der Waals surface area contributed by atoms with E-state index in [1.54, 1.807) is 0 Å². The van der Waals surface area contributed by atoms with Crippen LogP contribution in [-0.2, 0) is 47.6 Å². The SMILES string of the molecule is CC(C)CCC(=O)OCOC(=O)C1(C(=O)OCOC(=O)CCC(C)C)OC=CO1. The summed E-state index contributed by atoms with van der Waals surface area (Å²) in [6.45, 7) is 6.36. The van der Waals surface area contributed by atoms with Crippen LogP contribution in [0.4, 0.5) is 0 Å². The standard InChI is InChI=1S/C19H28O10/c1-13(2)5-7-15(20)24-11-26-17(22)19(28-9-10-29-19)18(23)27-12-25-16(21)8-6-14(3)4/h9-10,13-14H,5-8,11-12H2,1-4H3. The van der Waals surface area contributed by atoms with E-state index in [2.05, 4.69) is 0 Å². The molecule has 0 saturated carbocycles. The van der Waals surface area contributed by atoms with Crippen molar-refractivity contribution in [3.8, 4) is 0 Å². The Bertz CT molecular complexity index is 556. The number of hydrogen-bond acceptors (Lipinski definition) is 10. The first-order valence-electron chi connectivity index (χ1n) is 9.33. The fourth-order valence-electron chi connectivity index (χ4n) is 2.00. The van der Waals surface area contributed by atoms with E-state index in [1.807, 2.05) is 27.7 Å². The van der Waals surface area contributed by atoms with E-state index in [0.717, 1.165) is 12.5 Å². The topological polar surface area (TPSA) is 124 Å². The molecule has 164 valence electrons. The third-order valence-electron chi connectivity index (χ3n) is 3.73. The first-order valence-corrected chi connectivity index (χ1v) is 9.33. The Kier molecular flexibility index (Phi) is 9.98. The Morgan fingerprint density at radius 3 is 1.45 bits per heavy atom. The Hall–Kier alpha value is -2.78. The fourth-order valence-corrected chi connectivity index (χ4v) is 2.00. The number of carbonyl (C=O) groups excluding carboxylic acids is 4. The van der Waals surface area contributed by atoms with Crippen LogP contribution in [-0.4, -0.2) is 43.3 Å². The van der Waals surface area contributed by atoms with Crippen LogP contribution in [0.15, 0.2) is 12.5 Å². The van der Waals surface area contributed by atoms with Gasteiger partial charge in [-0.15, -0.1) is 0 Å². The predicted octanol–water partition coefficient (Wildman–Crippen LogP) is 2.16. The molecule has 1 aliphatic rings. The van der Waals surface area contributed by atoms with Gasteiger partial charge in [-0.05, 0) is 24.7 Å². The lowest BCUT2D eigenvalue weighted by Gasteiger charge is -2.22. The van der Waals surface area contributed by atoms with Gasteiger partial charge in [0.15, 0.2) is 0 Å². The summed E-state index contributed by atoms with van der Waals surface area (Å²) in [5.74, 6) is -5.59. The molecule has 0 saturated heterocycles.